The number of anilines is 2. The summed E-state index contributed by atoms with van der Waals surface area (Å²) in [4.78, 5) is 54.7. The third-order valence-corrected chi connectivity index (χ3v) is 5.61. The zero-order valence-corrected chi connectivity index (χ0v) is 18.7. The van der Waals surface area contributed by atoms with Crippen LogP contribution in [0.15, 0.2) is 64.3 Å². The van der Waals surface area contributed by atoms with Gasteiger partial charge in [-0.3, -0.25) is 23.5 Å². The van der Waals surface area contributed by atoms with Crippen molar-refractivity contribution in [3.8, 4) is 11.5 Å². The molecule has 0 unspecified atom stereocenters. The van der Waals surface area contributed by atoms with E-state index in [-0.39, 0.29) is 34.6 Å². The number of pyridine rings is 1. The number of aromatic nitrogens is 3. The lowest BCUT2D eigenvalue weighted by molar-refractivity contribution is 0.102. The van der Waals surface area contributed by atoms with Gasteiger partial charge < -0.3 is 20.1 Å². The fourth-order valence-corrected chi connectivity index (χ4v) is 3.75. The first-order valence-corrected chi connectivity index (χ1v) is 10.5. The van der Waals surface area contributed by atoms with Crippen molar-refractivity contribution < 1.29 is 19.1 Å². The van der Waals surface area contributed by atoms with Crippen molar-refractivity contribution >= 4 is 34.2 Å². The van der Waals surface area contributed by atoms with Gasteiger partial charge in [0, 0.05) is 32.0 Å². The highest BCUT2D eigenvalue weighted by molar-refractivity contribution is 6.13. The van der Waals surface area contributed by atoms with E-state index in [1.807, 2.05) is 0 Å². The van der Waals surface area contributed by atoms with Crippen molar-refractivity contribution in [2.75, 3.05) is 17.4 Å². The Labute approximate surface area is 197 Å². The van der Waals surface area contributed by atoms with E-state index in [2.05, 4.69) is 15.6 Å². The van der Waals surface area contributed by atoms with E-state index in [0.717, 1.165) is 4.57 Å². The summed E-state index contributed by atoms with van der Waals surface area (Å²) in [7, 11) is 2.84. The SMILES string of the molecule is Cn1c(=O)c2cc(C(=O)Nc3ccccc3C(=O)Nc3ccc4c(c3)OCO4)cnc2n(C)c1=O. The molecule has 2 amide bonds. The molecule has 1 aliphatic rings. The van der Waals surface area contributed by atoms with Crippen LogP contribution in [0.3, 0.4) is 0 Å². The minimum atomic E-state index is -0.571. The average molecular weight is 473 g/mol. The first kappa shape index (κ1) is 21.9. The number of para-hydroxylation sites is 1. The van der Waals surface area contributed by atoms with E-state index in [9.17, 15) is 19.2 Å². The van der Waals surface area contributed by atoms with Crippen LogP contribution in [-0.4, -0.2) is 32.7 Å². The summed E-state index contributed by atoms with van der Waals surface area (Å²) in [6.45, 7) is 0.119. The zero-order chi connectivity index (χ0) is 24.7. The first-order valence-electron chi connectivity index (χ1n) is 10.5. The van der Waals surface area contributed by atoms with Crippen LogP contribution in [-0.2, 0) is 14.1 Å². The molecule has 3 heterocycles. The van der Waals surface area contributed by atoms with Gasteiger partial charge in [-0.25, -0.2) is 9.78 Å². The third-order valence-electron chi connectivity index (χ3n) is 5.61. The van der Waals surface area contributed by atoms with Crippen LogP contribution in [0.1, 0.15) is 20.7 Å². The Morgan fingerprint density at radius 3 is 2.51 bits per heavy atom. The summed E-state index contributed by atoms with van der Waals surface area (Å²) in [5, 5.41) is 5.60. The molecule has 176 valence electrons. The number of amides is 2. The number of fused-ring (bicyclic) bond motifs is 2. The van der Waals surface area contributed by atoms with E-state index in [1.54, 1.807) is 42.5 Å². The predicted molar refractivity (Wildman–Crippen MR) is 127 cm³/mol. The topological polar surface area (TPSA) is 134 Å². The molecule has 4 aromatic rings. The van der Waals surface area contributed by atoms with E-state index >= 15 is 0 Å². The summed E-state index contributed by atoms with van der Waals surface area (Å²) < 4.78 is 12.8. The summed E-state index contributed by atoms with van der Waals surface area (Å²) >= 11 is 0. The van der Waals surface area contributed by atoms with Gasteiger partial charge in [-0.2, -0.15) is 0 Å². The molecule has 0 fully saturated rings. The Morgan fingerprint density at radius 2 is 1.69 bits per heavy atom. The van der Waals surface area contributed by atoms with Crippen molar-refractivity contribution in [2.24, 2.45) is 14.1 Å². The fourth-order valence-electron chi connectivity index (χ4n) is 3.75. The van der Waals surface area contributed by atoms with Gasteiger partial charge in [-0.15, -0.1) is 0 Å². The summed E-state index contributed by atoms with van der Waals surface area (Å²) in [5.74, 6) is 0.102. The van der Waals surface area contributed by atoms with Crippen LogP contribution in [0.5, 0.6) is 11.5 Å². The monoisotopic (exact) mass is 473 g/mol. The van der Waals surface area contributed by atoms with Gasteiger partial charge in [0.25, 0.3) is 17.4 Å². The van der Waals surface area contributed by atoms with Gasteiger partial charge in [0.1, 0.15) is 5.65 Å². The molecule has 0 atom stereocenters. The molecule has 0 bridgehead atoms. The molecule has 0 spiro atoms. The second-order valence-electron chi connectivity index (χ2n) is 7.82. The van der Waals surface area contributed by atoms with Gasteiger partial charge in [0.2, 0.25) is 6.79 Å². The van der Waals surface area contributed by atoms with Crippen LogP contribution < -0.4 is 31.4 Å². The zero-order valence-electron chi connectivity index (χ0n) is 18.7. The highest BCUT2D eigenvalue weighted by atomic mass is 16.7. The van der Waals surface area contributed by atoms with Gasteiger partial charge in [-0.1, -0.05) is 12.1 Å². The number of ether oxygens (including phenoxy) is 2. The van der Waals surface area contributed by atoms with Crippen LogP contribution >= 0.6 is 0 Å². The summed E-state index contributed by atoms with van der Waals surface area (Å²) in [6, 6.07) is 12.9. The van der Waals surface area contributed by atoms with Crippen LogP contribution in [0, 0.1) is 0 Å². The standard InChI is InChI=1S/C24H19N5O6/c1-28-20-16(23(32)29(2)24(28)33)9-13(11-25-20)21(30)27-17-6-4-3-5-15(17)22(31)26-14-7-8-18-19(10-14)35-12-34-18/h3-11H,12H2,1-2H3,(H,26,31)(H,27,30). The number of hydrogen-bond acceptors (Lipinski definition) is 7. The van der Waals surface area contributed by atoms with E-state index in [1.165, 1.54) is 30.9 Å². The van der Waals surface area contributed by atoms with Gasteiger partial charge in [0.05, 0.1) is 22.2 Å². The molecule has 0 saturated carbocycles. The summed E-state index contributed by atoms with van der Waals surface area (Å²) in [5.41, 5.74) is 0.177. The molecule has 5 rings (SSSR count). The number of nitrogens with zero attached hydrogens (tertiary/aromatic N) is 3. The maximum atomic E-state index is 13.0. The minimum absolute atomic E-state index is 0.0965. The van der Waals surface area contributed by atoms with Crippen LogP contribution in [0.25, 0.3) is 11.0 Å². The van der Waals surface area contributed by atoms with Gasteiger partial charge in [0.15, 0.2) is 11.5 Å². The van der Waals surface area contributed by atoms with Gasteiger partial charge >= 0.3 is 5.69 Å². The van der Waals surface area contributed by atoms with Crippen molar-refractivity contribution in [2.45, 2.75) is 0 Å². The minimum Gasteiger partial charge on any atom is -0.454 e. The molecule has 0 radical (unpaired) electrons. The molecular formula is C24H19N5O6. The largest absolute Gasteiger partial charge is 0.454 e. The Kier molecular flexibility index (Phi) is 5.28. The second-order valence-corrected chi connectivity index (χ2v) is 7.82. The predicted octanol–water partition coefficient (Wildman–Crippen LogP) is 1.87. The molecule has 1 aliphatic heterocycles. The maximum absolute atomic E-state index is 13.0. The molecule has 2 N–H and O–H groups in total. The maximum Gasteiger partial charge on any atom is 0.332 e. The molecule has 0 aliphatic carbocycles. The molecule has 2 aromatic carbocycles. The smallest absolute Gasteiger partial charge is 0.332 e. The van der Waals surface area contributed by atoms with Crippen LogP contribution in [0.4, 0.5) is 11.4 Å². The number of carbonyl (C=O) groups is 2. The molecular weight excluding hydrogens is 454 g/mol. The lowest BCUT2D eigenvalue weighted by Gasteiger charge is -2.12. The lowest BCUT2D eigenvalue weighted by Crippen LogP contribution is -2.37. The lowest BCUT2D eigenvalue weighted by atomic mass is 10.1. The highest BCUT2D eigenvalue weighted by Crippen LogP contribution is 2.34. The Bertz CT molecular complexity index is 1640. The van der Waals surface area contributed by atoms with Crippen LogP contribution in [0.2, 0.25) is 0 Å². The van der Waals surface area contributed by atoms with E-state index < -0.39 is 23.1 Å². The number of nitrogens with one attached hydrogen (secondary N) is 2. The van der Waals surface area contributed by atoms with Gasteiger partial charge in [-0.05, 0) is 30.3 Å². The average Bonchev–Trinajstić information content (AvgIpc) is 3.34. The van der Waals surface area contributed by atoms with Crippen molar-refractivity contribution in [3.05, 3.63) is 86.7 Å². The number of hydrogen-bond donors (Lipinski definition) is 2. The first-order chi connectivity index (χ1) is 16.8. The normalized spacial score (nSPS) is 11.9. The van der Waals surface area contributed by atoms with Crippen molar-refractivity contribution in [1.82, 2.24) is 14.1 Å². The Balaban J connectivity index is 1.42. The molecule has 2 aromatic heterocycles. The molecule has 11 heteroatoms. The second kappa shape index (κ2) is 8.45. The fraction of sp³-hybridized carbons (Fsp3) is 0.125. The van der Waals surface area contributed by atoms with E-state index in [0.29, 0.717) is 17.2 Å². The van der Waals surface area contributed by atoms with E-state index in [4.69, 9.17) is 9.47 Å². The number of carbonyl (C=O) groups excluding carboxylic acids is 2. The number of aryl methyl sites for hydroxylation is 1. The van der Waals surface area contributed by atoms with Crippen molar-refractivity contribution in [1.29, 1.82) is 0 Å². The quantitative estimate of drug-likeness (QED) is 0.462. The number of rotatable bonds is 4. The Hall–Kier alpha value is -4.93. The molecule has 11 nitrogen and oxygen atoms in total. The Morgan fingerprint density at radius 1 is 0.914 bits per heavy atom. The third kappa shape index (κ3) is 3.88. The highest BCUT2D eigenvalue weighted by Gasteiger charge is 2.18. The van der Waals surface area contributed by atoms with Crippen molar-refractivity contribution in [3.63, 3.8) is 0 Å². The molecule has 0 saturated heterocycles. The number of benzene rings is 2. The molecule has 35 heavy (non-hydrogen) atoms. The summed E-state index contributed by atoms with van der Waals surface area (Å²) in [6.07, 6.45) is 1.27.